The van der Waals surface area contributed by atoms with E-state index in [0.29, 0.717) is 0 Å². The molecule has 17 heavy (non-hydrogen) atoms. The Morgan fingerprint density at radius 2 is 1.82 bits per heavy atom. The molecule has 1 saturated heterocycles. The molecule has 2 atom stereocenters. The third-order valence-electron chi connectivity index (χ3n) is 4.94. The highest BCUT2D eigenvalue weighted by Gasteiger charge is 2.47. The second kappa shape index (κ2) is 6.22. The van der Waals surface area contributed by atoms with Gasteiger partial charge in [0, 0.05) is 19.1 Å². The van der Waals surface area contributed by atoms with E-state index in [1.165, 1.54) is 38.8 Å². The van der Waals surface area contributed by atoms with E-state index in [0.717, 1.165) is 23.3 Å². The van der Waals surface area contributed by atoms with Crippen molar-refractivity contribution < 1.29 is 0 Å². The number of nitrogens with zero attached hydrogens (tertiary/aromatic N) is 1. The molecule has 1 nitrogen and oxygen atoms in total. The second-order valence-corrected chi connectivity index (χ2v) is 6.39. The molecule has 0 radical (unpaired) electrons. The molecular weight excluding hydrogens is 206 g/mol. The van der Waals surface area contributed by atoms with E-state index in [4.69, 9.17) is 0 Å². The van der Waals surface area contributed by atoms with E-state index in [2.05, 4.69) is 32.6 Å². The predicted octanol–water partition coefficient (Wildman–Crippen LogP) is 4.57. The van der Waals surface area contributed by atoms with Gasteiger partial charge in [-0.15, -0.1) is 0 Å². The van der Waals surface area contributed by atoms with Crippen LogP contribution in [-0.2, 0) is 0 Å². The Hall–Kier alpha value is -0.0400. The molecule has 1 heterocycles. The number of hydrogen-bond acceptors (Lipinski definition) is 1. The SMILES string of the molecule is CC.CCC1CCC2(CC1C)CN(C(C)C)C2. The first-order valence-electron chi connectivity index (χ1n) is 7.80. The average Bonchev–Trinajstić information content (AvgIpc) is 2.28. The van der Waals surface area contributed by atoms with Gasteiger partial charge in [0.2, 0.25) is 0 Å². The van der Waals surface area contributed by atoms with Crippen LogP contribution in [0.15, 0.2) is 0 Å². The molecule has 1 aliphatic carbocycles. The number of likely N-dealkylation sites (tertiary alicyclic amines) is 1. The maximum atomic E-state index is 2.64. The van der Waals surface area contributed by atoms with Gasteiger partial charge in [0.25, 0.3) is 0 Å². The quantitative estimate of drug-likeness (QED) is 0.682. The van der Waals surface area contributed by atoms with Crippen LogP contribution in [0.1, 0.15) is 67.2 Å². The molecular formula is C16H33N. The fraction of sp³-hybridized carbons (Fsp3) is 1.00. The van der Waals surface area contributed by atoms with Crippen LogP contribution >= 0.6 is 0 Å². The topological polar surface area (TPSA) is 3.24 Å². The standard InChI is InChI=1S/C14H27N.C2H6/c1-5-13-6-7-14(8-12(13)4)9-15(10-14)11(2)3;1-2/h11-13H,5-10H2,1-4H3;1-2H3. The summed E-state index contributed by atoms with van der Waals surface area (Å²) in [7, 11) is 0. The van der Waals surface area contributed by atoms with Crippen LogP contribution in [0.4, 0.5) is 0 Å². The van der Waals surface area contributed by atoms with Gasteiger partial charge in [-0.05, 0) is 50.4 Å². The lowest BCUT2D eigenvalue weighted by Gasteiger charge is -2.56. The summed E-state index contributed by atoms with van der Waals surface area (Å²) in [5, 5.41) is 0. The smallest absolute Gasteiger partial charge is 0.00533 e. The van der Waals surface area contributed by atoms with E-state index in [-0.39, 0.29) is 0 Å². The summed E-state index contributed by atoms with van der Waals surface area (Å²) in [5.41, 5.74) is 0.732. The van der Waals surface area contributed by atoms with Crippen LogP contribution in [0.25, 0.3) is 0 Å². The van der Waals surface area contributed by atoms with Crippen molar-refractivity contribution in [2.45, 2.75) is 73.3 Å². The van der Waals surface area contributed by atoms with Crippen molar-refractivity contribution in [2.24, 2.45) is 17.3 Å². The van der Waals surface area contributed by atoms with E-state index in [1.54, 1.807) is 0 Å². The van der Waals surface area contributed by atoms with E-state index >= 15 is 0 Å². The Kier molecular flexibility index (Phi) is 5.50. The molecule has 2 unspecified atom stereocenters. The first kappa shape index (κ1) is 15.0. The van der Waals surface area contributed by atoms with Crippen molar-refractivity contribution >= 4 is 0 Å². The molecule has 0 aromatic rings. The minimum Gasteiger partial charge on any atom is -0.300 e. The lowest BCUT2D eigenvalue weighted by Crippen LogP contribution is -2.60. The van der Waals surface area contributed by atoms with Crippen molar-refractivity contribution in [3.05, 3.63) is 0 Å². The van der Waals surface area contributed by atoms with Gasteiger partial charge < -0.3 is 0 Å². The molecule has 1 heteroatoms. The van der Waals surface area contributed by atoms with Crippen molar-refractivity contribution in [2.75, 3.05) is 13.1 Å². The summed E-state index contributed by atoms with van der Waals surface area (Å²) in [6.45, 7) is 16.3. The summed E-state index contributed by atoms with van der Waals surface area (Å²) < 4.78 is 0. The zero-order chi connectivity index (χ0) is 13.1. The van der Waals surface area contributed by atoms with Gasteiger partial charge in [-0.25, -0.2) is 0 Å². The number of hydrogen-bond donors (Lipinski definition) is 0. The van der Waals surface area contributed by atoms with Crippen LogP contribution in [0.5, 0.6) is 0 Å². The molecule has 1 saturated carbocycles. The maximum Gasteiger partial charge on any atom is 0.00533 e. The second-order valence-electron chi connectivity index (χ2n) is 6.39. The predicted molar refractivity (Wildman–Crippen MR) is 77.3 cm³/mol. The summed E-state index contributed by atoms with van der Waals surface area (Å²) >= 11 is 0. The summed E-state index contributed by atoms with van der Waals surface area (Å²) in [6.07, 6.45) is 5.88. The molecule has 1 aliphatic heterocycles. The van der Waals surface area contributed by atoms with Crippen LogP contribution in [0.3, 0.4) is 0 Å². The molecule has 102 valence electrons. The molecule has 0 bridgehead atoms. The zero-order valence-corrected chi connectivity index (χ0v) is 12.9. The van der Waals surface area contributed by atoms with Gasteiger partial charge in [-0.3, -0.25) is 4.90 Å². The van der Waals surface area contributed by atoms with Crippen LogP contribution < -0.4 is 0 Å². The highest BCUT2D eigenvalue weighted by molar-refractivity contribution is 5.00. The molecule has 2 rings (SSSR count). The Morgan fingerprint density at radius 3 is 2.24 bits per heavy atom. The molecule has 2 fully saturated rings. The summed E-state index contributed by atoms with van der Waals surface area (Å²) in [4.78, 5) is 2.64. The maximum absolute atomic E-state index is 2.64. The molecule has 0 aromatic heterocycles. The minimum atomic E-state index is 0.732. The van der Waals surface area contributed by atoms with E-state index in [9.17, 15) is 0 Å². The van der Waals surface area contributed by atoms with Crippen LogP contribution in [-0.4, -0.2) is 24.0 Å². The van der Waals surface area contributed by atoms with Crippen molar-refractivity contribution in [3.8, 4) is 0 Å². The molecule has 0 amide bonds. The fourth-order valence-corrected chi connectivity index (χ4v) is 3.80. The highest BCUT2D eigenvalue weighted by atomic mass is 15.2. The number of rotatable bonds is 2. The van der Waals surface area contributed by atoms with Gasteiger partial charge in [0.15, 0.2) is 0 Å². The lowest BCUT2D eigenvalue weighted by atomic mass is 9.61. The summed E-state index contributed by atoms with van der Waals surface area (Å²) in [5.74, 6) is 1.99. The third kappa shape index (κ3) is 3.24. The molecule has 2 aliphatic rings. The van der Waals surface area contributed by atoms with Crippen molar-refractivity contribution in [3.63, 3.8) is 0 Å². The molecule has 1 spiro atoms. The van der Waals surface area contributed by atoms with E-state index < -0.39 is 0 Å². The lowest BCUT2D eigenvalue weighted by molar-refractivity contribution is -0.0710. The Morgan fingerprint density at radius 1 is 1.24 bits per heavy atom. The van der Waals surface area contributed by atoms with Gasteiger partial charge in [0.1, 0.15) is 0 Å². The summed E-state index contributed by atoms with van der Waals surface area (Å²) in [6, 6.07) is 0.759. The normalized spacial score (nSPS) is 31.9. The Balaban J connectivity index is 0.000000686. The van der Waals surface area contributed by atoms with Gasteiger partial charge in [-0.2, -0.15) is 0 Å². The zero-order valence-electron chi connectivity index (χ0n) is 12.9. The van der Waals surface area contributed by atoms with Gasteiger partial charge in [0.05, 0.1) is 0 Å². The Labute approximate surface area is 109 Å². The molecule has 0 N–H and O–H groups in total. The Bertz CT molecular complexity index is 216. The van der Waals surface area contributed by atoms with Crippen LogP contribution in [0.2, 0.25) is 0 Å². The first-order valence-corrected chi connectivity index (χ1v) is 7.80. The van der Waals surface area contributed by atoms with Crippen molar-refractivity contribution in [1.82, 2.24) is 4.90 Å². The minimum absolute atomic E-state index is 0.732. The fourth-order valence-electron chi connectivity index (χ4n) is 3.80. The van der Waals surface area contributed by atoms with E-state index in [1.807, 2.05) is 13.8 Å². The van der Waals surface area contributed by atoms with Gasteiger partial charge in [-0.1, -0.05) is 34.1 Å². The van der Waals surface area contributed by atoms with Crippen molar-refractivity contribution in [1.29, 1.82) is 0 Å². The average molecular weight is 239 g/mol. The first-order chi connectivity index (χ1) is 8.06. The monoisotopic (exact) mass is 239 g/mol. The van der Waals surface area contributed by atoms with Crippen LogP contribution in [0, 0.1) is 17.3 Å². The highest BCUT2D eigenvalue weighted by Crippen LogP contribution is 2.49. The largest absolute Gasteiger partial charge is 0.300 e. The molecule has 0 aromatic carbocycles. The third-order valence-corrected chi connectivity index (χ3v) is 4.94. The van der Waals surface area contributed by atoms with Gasteiger partial charge >= 0.3 is 0 Å².